The van der Waals surface area contributed by atoms with Crippen LogP contribution in [0.5, 0.6) is 5.75 Å². The molecule has 0 aromatic heterocycles. The predicted molar refractivity (Wildman–Crippen MR) is 131 cm³/mol. The van der Waals surface area contributed by atoms with Gasteiger partial charge in [0.2, 0.25) is 11.8 Å². The van der Waals surface area contributed by atoms with Crippen LogP contribution in [-0.4, -0.2) is 30.4 Å². The van der Waals surface area contributed by atoms with E-state index in [1.54, 1.807) is 12.0 Å². The number of benzene rings is 3. The van der Waals surface area contributed by atoms with Crippen LogP contribution in [0.4, 0.5) is 0 Å². The van der Waals surface area contributed by atoms with E-state index in [9.17, 15) is 9.59 Å². The van der Waals surface area contributed by atoms with Crippen molar-refractivity contribution in [3.8, 4) is 5.75 Å². The molecular weight excluding hydrogens is 412 g/mol. The van der Waals surface area contributed by atoms with Gasteiger partial charge in [0.25, 0.3) is 0 Å². The van der Waals surface area contributed by atoms with E-state index in [1.807, 2.05) is 84.9 Å². The van der Waals surface area contributed by atoms with Crippen molar-refractivity contribution in [2.75, 3.05) is 13.7 Å². The van der Waals surface area contributed by atoms with E-state index < -0.39 is 6.04 Å². The number of nitrogens with one attached hydrogen (secondary N) is 1. The van der Waals surface area contributed by atoms with Crippen molar-refractivity contribution >= 4 is 11.8 Å². The van der Waals surface area contributed by atoms with Crippen molar-refractivity contribution in [1.82, 2.24) is 10.2 Å². The summed E-state index contributed by atoms with van der Waals surface area (Å²) in [6.07, 6.45) is 2.10. The molecular formula is C28H32N2O3. The summed E-state index contributed by atoms with van der Waals surface area (Å²) < 4.78 is 5.27. The van der Waals surface area contributed by atoms with Crippen LogP contribution >= 0.6 is 0 Å². The standard InChI is InChI=1S/C28H32N2O3/c1-3-4-19-29-28(32)27(24-13-9-6-10-14-24)30(21-23-15-17-25(33-2)18-16-23)26(31)20-22-11-7-5-8-12-22/h5-18,27H,3-4,19-21H2,1-2H3,(H,29,32)/t27-/m0/s1. The van der Waals surface area contributed by atoms with Crippen molar-refractivity contribution in [3.63, 3.8) is 0 Å². The summed E-state index contributed by atoms with van der Waals surface area (Å²) in [5, 5.41) is 3.03. The molecule has 0 spiro atoms. The number of carbonyl (C=O) groups is 2. The van der Waals surface area contributed by atoms with Crippen LogP contribution in [0.3, 0.4) is 0 Å². The molecule has 0 radical (unpaired) electrons. The molecule has 2 amide bonds. The molecule has 0 aliphatic carbocycles. The Morgan fingerprint density at radius 3 is 2.12 bits per heavy atom. The van der Waals surface area contributed by atoms with Crippen LogP contribution in [0.25, 0.3) is 0 Å². The van der Waals surface area contributed by atoms with E-state index in [2.05, 4.69) is 12.2 Å². The molecule has 0 fully saturated rings. The smallest absolute Gasteiger partial charge is 0.247 e. The normalized spacial score (nSPS) is 11.5. The fourth-order valence-corrected chi connectivity index (χ4v) is 3.72. The number of hydrogen-bond donors (Lipinski definition) is 1. The molecule has 5 heteroatoms. The van der Waals surface area contributed by atoms with Gasteiger partial charge in [0.15, 0.2) is 0 Å². The molecule has 0 saturated carbocycles. The molecule has 33 heavy (non-hydrogen) atoms. The molecule has 0 saturated heterocycles. The Hall–Kier alpha value is -3.60. The molecule has 3 aromatic rings. The molecule has 1 atom stereocenters. The van der Waals surface area contributed by atoms with Crippen LogP contribution in [0.15, 0.2) is 84.9 Å². The van der Waals surface area contributed by atoms with Crippen LogP contribution in [0.2, 0.25) is 0 Å². The lowest BCUT2D eigenvalue weighted by Gasteiger charge is -2.32. The third-order valence-electron chi connectivity index (χ3n) is 5.54. The Kier molecular flexibility index (Phi) is 9.07. The highest BCUT2D eigenvalue weighted by Gasteiger charge is 2.31. The number of ether oxygens (including phenoxy) is 1. The van der Waals surface area contributed by atoms with Gasteiger partial charge in [-0.1, -0.05) is 86.1 Å². The predicted octanol–water partition coefficient (Wildman–Crippen LogP) is 4.92. The van der Waals surface area contributed by atoms with Gasteiger partial charge in [-0.2, -0.15) is 0 Å². The number of unbranched alkanes of at least 4 members (excludes halogenated alkanes) is 1. The number of hydrogen-bond acceptors (Lipinski definition) is 3. The lowest BCUT2D eigenvalue weighted by Crippen LogP contribution is -2.44. The second-order valence-electron chi connectivity index (χ2n) is 7.99. The monoisotopic (exact) mass is 444 g/mol. The second-order valence-corrected chi connectivity index (χ2v) is 7.99. The molecule has 0 aliphatic heterocycles. The summed E-state index contributed by atoms with van der Waals surface area (Å²) in [7, 11) is 1.62. The van der Waals surface area contributed by atoms with Crippen molar-refractivity contribution in [2.24, 2.45) is 0 Å². The summed E-state index contributed by atoms with van der Waals surface area (Å²) in [5.41, 5.74) is 2.64. The Morgan fingerprint density at radius 2 is 1.52 bits per heavy atom. The zero-order valence-corrected chi connectivity index (χ0v) is 19.4. The SMILES string of the molecule is CCCCNC(=O)[C@H](c1ccccc1)N(Cc1ccc(OC)cc1)C(=O)Cc1ccccc1. The summed E-state index contributed by atoms with van der Waals surface area (Å²) in [4.78, 5) is 28.7. The van der Waals surface area contributed by atoms with E-state index in [0.29, 0.717) is 13.1 Å². The van der Waals surface area contributed by atoms with E-state index >= 15 is 0 Å². The molecule has 5 nitrogen and oxygen atoms in total. The van der Waals surface area contributed by atoms with Crippen LogP contribution in [0.1, 0.15) is 42.5 Å². The quantitative estimate of drug-likeness (QED) is 0.427. The van der Waals surface area contributed by atoms with Gasteiger partial charge in [-0.15, -0.1) is 0 Å². The fourth-order valence-electron chi connectivity index (χ4n) is 3.72. The minimum Gasteiger partial charge on any atom is -0.497 e. The van der Waals surface area contributed by atoms with Gasteiger partial charge in [-0.3, -0.25) is 9.59 Å². The number of rotatable bonds is 11. The number of carbonyl (C=O) groups excluding carboxylic acids is 2. The Bertz CT molecular complexity index is 1000. The number of methoxy groups -OCH3 is 1. The minimum absolute atomic E-state index is 0.100. The number of nitrogens with zero attached hydrogens (tertiary/aromatic N) is 1. The molecule has 172 valence electrons. The van der Waals surface area contributed by atoms with E-state index in [1.165, 1.54) is 0 Å². The van der Waals surface area contributed by atoms with E-state index in [-0.39, 0.29) is 18.2 Å². The zero-order valence-electron chi connectivity index (χ0n) is 19.4. The highest BCUT2D eigenvalue weighted by molar-refractivity contribution is 5.89. The molecule has 1 N–H and O–H groups in total. The van der Waals surface area contributed by atoms with Gasteiger partial charge in [-0.05, 0) is 35.2 Å². The van der Waals surface area contributed by atoms with Crippen molar-refractivity contribution in [3.05, 3.63) is 102 Å². The second kappa shape index (κ2) is 12.4. The first-order valence-electron chi connectivity index (χ1n) is 11.4. The minimum atomic E-state index is -0.721. The fraction of sp³-hybridized carbons (Fsp3) is 0.286. The maximum atomic E-state index is 13.6. The molecule has 3 rings (SSSR count). The van der Waals surface area contributed by atoms with Crippen LogP contribution < -0.4 is 10.1 Å². The Balaban J connectivity index is 1.95. The van der Waals surface area contributed by atoms with Crippen molar-refractivity contribution < 1.29 is 14.3 Å². The topological polar surface area (TPSA) is 58.6 Å². The summed E-state index contributed by atoms with van der Waals surface area (Å²) >= 11 is 0. The van der Waals surface area contributed by atoms with Gasteiger partial charge in [-0.25, -0.2) is 0 Å². The van der Waals surface area contributed by atoms with Crippen molar-refractivity contribution in [1.29, 1.82) is 0 Å². The van der Waals surface area contributed by atoms with Crippen molar-refractivity contribution in [2.45, 2.75) is 38.8 Å². The summed E-state index contributed by atoms with van der Waals surface area (Å²) in [6.45, 7) is 2.98. The average Bonchev–Trinajstić information content (AvgIpc) is 2.85. The Labute approximate surface area is 196 Å². The third-order valence-corrected chi connectivity index (χ3v) is 5.54. The Morgan fingerprint density at radius 1 is 0.879 bits per heavy atom. The van der Waals surface area contributed by atoms with E-state index in [4.69, 9.17) is 4.74 Å². The highest BCUT2D eigenvalue weighted by Crippen LogP contribution is 2.25. The van der Waals surface area contributed by atoms with Gasteiger partial charge in [0.1, 0.15) is 11.8 Å². The average molecular weight is 445 g/mol. The van der Waals surface area contributed by atoms with Gasteiger partial charge >= 0.3 is 0 Å². The van der Waals surface area contributed by atoms with E-state index in [0.717, 1.165) is 35.3 Å². The first kappa shape index (κ1) is 24.1. The van der Waals surface area contributed by atoms with Crippen LogP contribution in [-0.2, 0) is 22.6 Å². The first-order chi connectivity index (χ1) is 16.1. The lowest BCUT2D eigenvalue weighted by molar-refractivity contribution is -0.141. The molecule has 0 bridgehead atoms. The maximum absolute atomic E-state index is 13.6. The third kappa shape index (κ3) is 6.94. The number of amides is 2. The largest absolute Gasteiger partial charge is 0.497 e. The van der Waals surface area contributed by atoms with Gasteiger partial charge in [0.05, 0.1) is 13.5 Å². The summed E-state index contributed by atoms with van der Waals surface area (Å²) in [5.74, 6) is 0.485. The zero-order chi connectivity index (χ0) is 23.5. The van der Waals surface area contributed by atoms with Gasteiger partial charge < -0.3 is 15.0 Å². The summed E-state index contributed by atoms with van der Waals surface area (Å²) in [6, 6.07) is 26.0. The molecule has 0 unspecified atom stereocenters. The molecule has 0 heterocycles. The lowest BCUT2D eigenvalue weighted by atomic mass is 10.0. The maximum Gasteiger partial charge on any atom is 0.247 e. The van der Waals surface area contributed by atoms with Gasteiger partial charge in [0, 0.05) is 13.1 Å². The first-order valence-corrected chi connectivity index (χ1v) is 11.4. The van der Waals surface area contributed by atoms with Crippen LogP contribution in [0, 0.1) is 0 Å². The molecule has 3 aromatic carbocycles. The molecule has 0 aliphatic rings. The highest BCUT2D eigenvalue weighted by atomic mass is 16.5.